The standard InChI is InChI=1S/C12H10Br2O2/c13-12(14)10(8-4-2-1-3-5-8)6-11(12,7-10)9(15)16/h1-5H,6-7H2,(H,15,16). The third-order valence-corrected chi connectivity index (χ3v) is 7.18. The van der Waals surface area contributed by atoms with Gasteiger partial charge in [0.25, 0.3) is 0 Å². The molecule has 0 atom stereocenters. The van der Waals surface area contributed by atoms with E-state index in [2.05, 4.69) is 44.0 Å². The van der Waals surface area contributed by atoms with Crippen LogP contribution in [0.4, 0.5) is 0 Å². The number of carboxylic acids is 1. The summed E-state index contributed by atoms with van der Waals surface area (Å²) in [5.74, 6) is -0.709. The van der Waals surface area contributed by atoms with E-state index >= 15 is 0 Å². The van der Waals surface area contributed by atoms with E-state index in [1.54, 1.807) is 0 Å². The molecular formula is C12H10Br2O2. The van der Waals surface area contributed by atoms with Gasteiger partial charge in [-0.05, 0) is 18.4 Å². The highest BCUT2D eigenvalue weighted by molar-refractivity contribution is 9.25. The number of carboxylic acid groups (broad SMARTS) is 1. The molecule has 1 aromatic carbocycles. The molecule has 0 amide bonds. The zero-order valence-electron chi connectivity index (χ0n) is 8.41. The molecule has 3 aliphatic rings. The van der Waals surface area contributed by atoms with Crippen LogP contribution >= 0.6 is 31.9 Å². The Hall–Kier alpha value is -0.350. The molecule has 0 aliphatic heterocycles. The summed E-state index contributed by atoms with van der Waals surface area (Å²) in [7, 11) is 0. The molecule has 0 spiro atoms. The first-order valence-corrected chi connectivity index (χ1v) is 6.72. The Bertz CT molecular complexity index is 461. The Labute approximate surface area is 110 Å². The van der Waals surface area contributed by atoms with Gasteiger partial charge in [-0.2, -0.15) is 0 Å². The number of hydrogen-bond donors (Lipinski definition) is 1. The average molecular weight is 346 g/mol. The summed E-state index contributed by atoms with van der Waals surface area (Å²) in [6.07, 6.45) is 1.44. The van der Waals surface area contributed by atoms with Crippen molar-refractivity contribution in [3.05, 3.63) is 35.9 Å². The Balaban J connectivity index is 2.01. The molecule has 4 heteroatoms. The average Bonchev–Trinajstić information content (AvgIpc) is 2.16. The van der Waals surface area contributed by atoms with Gasteiger partial charge in [-0.25, -0.2) is 0 Å². The zero-order valence-corrected chi connectivity index (χ0v) is 11.6. The van der Waals surface area contributed by atoms with Crippen LogP contribution in [0.3, 0.4) is 0 Å². The van der Waals surface area contributed by atoms with E-state index in [0.717, 1.165) is 12.8 Å². The van der Waals surface area contributed by atoms with Crippen LogP contribution < -0.4 is 0 Å². The van der Waals surface area contributed by atoms with Gasteiger partial charge in [0.1, 0.15) is 3.23 Å². The number of halogens is 2. The lowest BCUT2D eigenvalue weighted by molar-refractivity contribution is -0.194. The topological polar surface area (TPSA) is 37.3 Å². The van der Waals surface area contributed by atoms with Crippen molar-refractivity contribution < 1.29 is 9.90 Å². The molecule has 0 saturated heterocycles. The van der Waals surface area contributed by atoms with Crippen LogP contribution in [0.15, 0.2) is 30.3 Å². The molecule has 84 valence electrons. The summed E-state index contributed by atoms with van der Waals surface area (Å²) < 4.78 is -0.479. The van der Waals surface area contributed by atoms with Crippen molar-refractivity contribution in [2.24, 2.45) is 5.41 Å². The van der Waals surface area contributed by atoms with Crippen molar-refractivity contribution in [2.45, 2.75) is 21.5 Å². The fraction of sp³-hybridized carbons (Fsp3) is 0.417. The number of alkyl halides is 2. The summed E-state index contributed by atoms with van der Waals surface area (Å²) in [5, 5.41) is 9.27. The normalized spacial score (nSPS) is 38.4. The van der Waals surface area contributed by atoms with E-state index in [9.17, 15) is 9.90 Å². The largest absolute Gasteiger partial charge is 0.481 e. The predicted octanol–water partition coefficient (Wildman–Crippen LogP) is 3.29. The molecule has 3 aliphatic carbocycles. The van der Waals surface area contributed by atoms with Crippen LogP contribution in [0.5, 0.6) is 0 Å². The second-order valence-electron chi connectivity index (χ2n) is 4.76. The van der Waals surface area contributed by atoms with Gasteiger partial charge >= 0.3 is 5.97 Å². The molecule has 1 N–H and O–H groups in total. The smallest absolute Gasteiger partial charge is 0.312 e. The lowest BCUT2D eigenvalue weighted by Gasteiger charge is -2.77. The minimum absolute atomic E-state index is 0.0490. The Morgan fingerprint density at radius 2 is 1.75 bits per heavy atom. The first-order valence-electron chi connectivity index (χ1n) is 5.13. The van der Waals surface area contributed by atoms with Crippen molar-refractivity contribution >= 4 is 37.8 Å². The summed E-state index contributed by atoms with van der Waals surface area (Å²) in [4.78, 5) is 11.3. The lowest BCUT2D eigenvalue weighted by atomic mass is 9.33. The highest BCUT2D eigenvalue weighted by Crippen LogP contribution is 2.85. The second kappa shape index (κ2) is 2.91. The first-order chi connectivity index (χ1) is 7.46. The van der Waals surface area contributed by atoms with E-state index in [-0.39, 0.29) is 5.41 Å². The molecule has 0 aromatic heterocycles. The van der Waals surface area contributed by atoms with Crippen LogP contribution in [0.2, 0.25) is 0 Å². The first kappa shape index (κ1) is 10.8. The van der Waals surface area contributed by atoms with Gasteiger partial charge in [0.05, 0.1) is 5.41 Å². The van der Waals surface area contributed by atoms with Crippen molar-refractivity contribution in [2.75, 3.05) is 0 Å². The number of carbonyl (C=O) groups is 1. The van der Waals surface area contributed by atoms with E-state index in [1.807, 2.05) is 18.2 Å². The van der Waals surface area contributed by atoms with Gasteiger partial charge in [-0.1, -0.05) is 62.2 Å². The van der Waals surface area contributed by atoms with E-state index in [4.69, 9.17) is 0 Å². The summed E-state index contributed by atoms with van der Waals surface area (Å²) in [5.41, 5.74) is 0.544. The maximum atomic E-state index is 11.3. The zero-order chi connectivity index (χ0) is 11.6. The van der Waals surface area contributed by atoms with Gasteiger partial charge in [0.2, 0.25) is 0 Å². The third-order valence-electron chi connectivity index (χ3n) is 4.14. The van der Waals surface area contributed by atoms with Gasteiger partial charge < -0.3 is 5.11 Å². The van der Waals surface area contributed by atoms with Crippen molar-refractivity contribution in [1.82, 2.24) is 0 Å². The molecule has 3 saturated carbocycles. The molecule has 0 radical (unpaired) electrons. The molecule has 3 fully saturated rings. The molecule has 16 heavy (non-hydrogen) atoms. The van der Waals surface area contributed by atoms with Crippen molar-refractivity contribution in [1.29, 1.82) is 0 Å². The quantitative estimate of drug-likeness (QED) is 0.835. The Morgan fingerprint density at radius 1 is 1.19 bits per heavy atom. The highest BCUT2D eigenvalue weighted by atomic mass is 79.9. The molecule has 0 unspecified atom stereocenters. The number of aliphatic carboxylic acids is 1. The monoisotopic (exact) mass is 344 g/mol. The minimum Gasteiger partial charge on any atom is -0.481 e. The highest BCUT2D eigenvalue weighted by Gasteiger charge is 2.87. The second-order valence-corrected chi connectivity index (χ2v) is 8.21. The van der Waals surface area contributed by atoms with Gasteiger partial charge in [0, 0.05) is 5.41 Å². The molecular weight excluding hydrogens is 336 g/mol. The van der Waals surface area contributed by atoms with Crippen LogP contribution in [0, 0.1) is 5.41 Å². The number of rotatable bonds is 2. The van der Waals surface area contributed by atoms with Gasteiger partial charge in [-0.15, -0.1) is 0 Å². The molecule has 1 aromatic rings. The molecule has 0 heterocycles. The molecule has 4 rings (SSSR count). The van der Waals surface area contributed by atoms with E-state index < -0.39 is 14.6 Å². The Kier molecular flexibility index (Phi) is 1.96. The Morgan fingerprint density at radius 3 is 2.19 bits per heavy atom. The summed E-state index contributed by atoms with van der Waals surface area (Å²) in [6, 6.07) is 10.1. The van der Waals surface area contributed by atoms with Crippen LogP contribution in [-0.4, -0.2) is 14.3 Å². The maximum absolute atomic E-state index is 11.3. The van der Waals surface area contributed by atoms with E-state index in [0.29, 0.717) is 0 Å². The van der Waals surface area contributed by atoms with Crippen LogP contribution in [0.25, 0.3) is 0 Å². The van der Waals surface area contributed by atoms with Crippen molar-refractivity contribution in [3.8, 4) is 0 Å². The predicted molar refractivity (Wildman–Crippen MR) is 68.0 cm³/mol. The third kappa shape index (κ3) is 0.886. The minimum atomic E-state index is -0.709. The molecule has 2 nitrogen and oxygen atoms in total. The van der Waals surface area contributed by atoms with Gasteiger partial charge in [0.15, 0.2) is 0 Å². The van der Waals surface area contributed by atoms with Crippen LogP contribution in [0.1, 0.15) is 18.4 Å². The maximum Gasteiger partial charge on any atom is 0.312 e. The number of benzene rings is 1. The fourth-order valence-corrected chi connectivity index (χ4v) is 5.01. The fourth-order valence-electron chi connectivity index (χ4n) is 3.10. The SMILES string of the molecule is O=C(O)C12CC(c3ccccc3)(C1)C2(Br)Br. The summed E-state index contributed by atoms with van der Waals surface area (Å²) in [6.45, 7) is 0. The van der Waals surface area contributed by atoms with Gasteiger partial charge in [-0.3, -0.25) is 4.79 Å². The summed E-state index contributed by atoms with van der Waals surface area (Å²) >= 11 is 7.13. The lowest BCUT2D eigenvalue weighted by Crippen LogP contribution is -2.82. The molecule has 2 bridgehead atoms. The number of hydrogen-bond acceptors (Lipinski definition) is 1. The van der Waals surface area contributed by atoms with Crippen molar-refractivity contribution in [3.63, 3.8) is 0 Å². The van der Waals surface area contributed by atoms with Crippen LogP contribution in [-0.2, 0) is 10.2 Å². The van der Waals surface area contributed by atoms with E-state index in [1.165, 1.54) is 5.56 Å².